The van der Waals surface area contributed by atoms with Gasteiger partial charge in [0.05, 0.1) is 5.67 Å². The van der Waals surface area contributed by atoms with E-state index in [1.807, 2.05) is 13.8 Å². The Kier molecular flexibility index (Phi) is 9.00. The summed E-state index contributed by atoms with van der Waals surface area (Å²) in [4.78, 5) is 2.09. The van der Waals surface area contributed by atoms with Gasteiger partial charge in [0.1, 0.15) is 12.5 Å². The summed E-state index contributed by atoms with van der Waals surface area (Å²) in [6, 6.07) is 0. The molecule has 0 heterocycles. The molecule has 0 bridgehead atoms. The third-order valence-corrected chi connectivity index (χ3v) is 6.76. The van der Waals surface area contributed by atoms with Crippen molar-refractivity contribution < 1.29 is 22.8 Å². The van der Waals surface area contributed by atoms with Gasteiger partial charge in [-0.15, -0.1) is 0 Å². The van der Waals surface area contributed by atoms with Crippen LogP contribution in [-0.2, 0) is 22.8 Å². The molecule has 7 heteroatoms. The fourth-order valence-corrected chi connectivity index (χ4v) is 4.95. The Hall–Kier alpha value is -0.0231. The van der Waals surface area contributed by atoms with Gasteiger partial charge >= 0.3 is 8.80 Å². The summed E-state index contributed by atoms with van der Waals surface area (Å²) in [6.45, 7) is 6.01. The Bertz CT molecular complexity index is 222. The number of methoxy groups -OCH3 is 2. The second kappa shape index (κ2) is 9.01. The first-order chi connectivity index (χ1) is 8.97. The van der Waals surface area contributed by atoms with Crippen molar-refractivity contribution in [3.63, 3.8) is 0 Å². The van der Waals surface area contributed by atoms with Crippen LogP contribution in [0.1, 0.15) is 27.2 Å². The van der Waals surface area contributed by atoms with Crippen molar-refractivity contribution in [3.8, 4) is 0 Å². The van der Waals surface area contributed by atoms with Crippen LogP contribution in [0.4, 0.5) is 0 Å². The molecule has 0 aliphatic carbocycles. The fraction of sp³-hybridized carbons (Fsp3) is 1.00. The fourth-order valence-electron chi connectivity index (χ4n) is 2.35. The molecule has 0 N–H and O–H groups in total. The molecule has 0 aliphatic heterocycles. The topological polar surface area (TPSA) is 49.4 Å². The highest BCUT2D eigenvalue weighted by Gasteiger charge is 2.51. The van der Waals surface area contributed by atoms with Gasteiger partial charge in [-0.2, -0.15) is 0 Å². The minimum absolute atomic E-state index is 0.0441. The van der Waals surface area contributed by atoms with Crippen LogP contribution in [0.25, 0.3) is 0 Å². The predicted octanol–water partition coefficient (Wildman–Crippen LogP) is 1.47. The van der Waals surface area contributed by atoms with Gasteiger partial charge in [0, 0.05) is 35.5 Å². The maximum Gasteiger partial charge on any atom is 0.518 e. The summed E-state index contributed by atoms with van der Waals surface area (Å²) >= 11 is 0. The second-order valence-electron chi connectivity index (χ2n) is 4.26. The molecule has 0 fully saturated rings. The van der Waals surface area contributed by atoms with Gasteiger partial charge < -0.3 is 22.8 Å². The first-order valence-electron chi connectivity index (χ1n) is 6.46. The standard InChI is InChI=1S/C12H29NO5Si/c1-9-12(19(16-6,17-7)18-8)13(10(2)14-4)11(3)15-5/h10-12H,9H2,1-8H3. The highest BCUT2D eigenvalue weighted by atomic mass is 28.4. The summed E-state index contributed by atoms with van der Waals surface area (Å²) in [5, 5.41) is 0. The van der Waals surface area contributed by atoms with E-state index in [-0.39, 0.29) is 18.1 Å². The monoisotopic (exact) mass is 295 g/mol. The van der Waals surface area contributed by atoms with E-state index < -0.39 is 8.80 Å². The van der Waals surface area contributed by atoms with Crippen LogP contribution < -0.4 is 0 Å². The third-order valence-electron chi connectivity index (χ3n) is 3.53. The van der Waals surface area contributed by atoms with Gasteiger partial charge in [0.15, 0.2) is 0 Å². The molecule has 0 aromatic carbocycles. The molecule has 0 saturated heterocycles. The van der Waals surface area contributed by atoms with Gasteiger partial charge in [0.25, 0.3) is 0 Å². The minimum atomic E-state index is -2.80. The van der Waals surface area contributed by atoms with Crippen molar-refractivity contribution >= 4 is 8.80 Å². The number of hydrogen-bond donors (Lipinski definition) is 0. The van der Waals surface area contributed by atoms with Crippen LogP contribution in [0.15, 0.2) is 0 Å². The lowest BCUT2D eigenvalue weighted by Gasteiger charge is -2.43. The Labute approximate surface area is 118 Å². The lowest BCUT2D eigenvalue weighted by Crippen LogP contribution is -2.65. The number of nitrogens with zero attached hydrogens (tertiary/aromatic N) is 1. The SMILES string of the molecule is CCC(N(C(C)OC)C(C)OC)[Si](OC)(OC)OC. The molecule has 3 atom stereocenters. The van der Waals surface area contributed by atoms with Gasteiger partial charge in [0.2, 0.25) is 0 Å². The molecule has 0 aliphatic rings. The molecule has 0 aromatic rings. The minimum Gasteiger partial charge on any atom is -0.376 e. The molecule has 0 saturated carbocycles. The van der Waals surface area contributed by atoms with E-state index in [0.717, 1.165) is 6.42 Å². The van der Waals surface area contributed by atoms with Crippen LogP contribution in [0.3, 0.4) is 0 Å². The summed E-state index contributed by atoms with van der Waals surface area (Å²) in [5.41, 5.74) is -0.0441. The van der Waals surface area contributed by atoms with E-state index in [1.54, 1.807) is 35.5 Å². The third kappa shape index (κ3) is 4.22. The molecule has 116 valence electrons. The average Bonchev–Trinajstić information content (AvgIpc) is 2.46. The van der Waals surface area contributed by atoms with E-state index in [4.69, 9.17) is 22.8 Å². The molecule has 3 unspecified atom stereocenters. The molecule has 0 amide bonds. The predicted molar refractivity (Wildman–Crippen MR) is 75.6 cm³/mol. The van der Waals surface area contributed by atoms with Gasteiger partial charge in [-0.05, 0) is 20.3 Å². The van der Waals surface area contributed by atoms with E-state index in [0.29, 0.717) is 0 Å². The summed E-state index contributed by atoms with van der Waals surface area (Å²) in [5.74, 6) is 0. The molecule has 0 rings (SSSR count). The zero-order valence-electron chi connectivity index (χ0n) is 13.4. The molecule has 0 spiro atoms. The quantitative estimate of drug-likeness (QED) is 0.449. The van der Waals surface area contributed by atoms with Crippen LogP contribution >= 0.6 is 0 Å². The largest absolute Gasteiger partial charge is 0.518 e. The highest BCUT2D eigenvalue weighted by Crippen LogP contribution is 2.25. The summed E-state index contributed by atoms with van der Waals surface area (Å²) in [7, 11) is 5.40. The van der Waals surface area contributed by atoms with Crippen LogP contribution in [0, 0.1) is 0 Å². The van der Waals surface area contributed by atoms with Gasteiger partial charge in [-0.3, -0.25) is 0 Å². The molecular formula is C12H29NO5Si. The number of rotatable bonds is 10. The van der Waals surface area contributed by atoms with Gasteiger partial charge in [-0.25, -0.2) is 4.90 Å². The van der Waals surface area contributed by atoms with E-state index >= 15 is 0 Å². The maximum absolute atomic E-state index is 5.60. The lowest BCUT2D eigenvalue weighted by atomic mass is 10.3. The van der Waals surface area contributed by atoms with E-state index in [2.05, 4.69) is 11.8 Å². The zero-order valence-corrected chi connectivity index (χ0v) is 14.4. The zero-order chi connectivity index (χ0) is 15.1. The maximum atomic E-state index is 5.60. The first-order valence-corrected chi connectivity index (χ1v) is 8.26. The van der Waals surface area contributed by atoms with Crippen molar-refractivity contribution in [3.05, 3.63) is 0 Å². The molecular weight excluding hydrogens is 266 g/mol. The molecule has 6 nitrogen and oxygen atoms in total. The molecule has 0 aromatic heterocycles. The van der Waals surface area contributed by atoms with Crippen molar-refractivity contribution in [2.24, 2.45) is 0 Å². The van der Waals surface area contributed by atoms with Crippen molar-refractivity contribution in [2.45, 2.75) is 45.3 Å². The van der Waals surface area contributed by atoms with Crippen molar-refractivity contribution in [1.82, 2.24) is 4.90 Å². The Balaban J connectivity index is 5.44. The van der Waals surface area contributed by atoms with Gasteiger partial charge in [-0.1, -0.05) is 6.92 Å². The van der Waals surface area contributed by atoms with Crippen LogP contribution in [0.2, 0.25) is 0 Å². The molecule has 19 heavy (non-hydrogen) atoms. The Morgan fingerprint density at radius 2 is 1.21 bits per heavy atom. The normalized spacial score (nSPS) is 17.5. The first kappa shape index (κ1) is 19.0. The smallest absolute Gasteiger partial charge is 0.376 e. The Morgan fingerprint density at radius 3 is 1.42 bits per heavy atom. The van der Waals surface area contributed by atoms with Crippen molar-refractivity contribution in [2.75, 3.05) is 35.5 Å². The second-order valence-corrected chi connectivity index (χ2v) is 7.36. The Morgan fingerprint density at radius 1 is 0.842 bits per heavy atom. The highest BCUT2D eigenvalue weighted by molar-refractivity contribution is 6.62. The molecule has 0 radical (unpaired) electrons. The van der Waals surface area contributed by atoms with Crippen LogP contribution in [0.5, 0.6) is 0 Å². The summed E-state index contributed by atoms with van der Waals surface area (Å²) in [6.07, 6.45) is 0.544. The summed E-state index contributed by atoms with van der Waals surface area (Å²) < 4.78 is 27.7. The average molecular weight is 295 g/mol. The van der Waals surface area contributed by atoms with Crippen LogP contribution in [-0.4, -0.2) is 67.4 Å². The van der Waals surface area contributed by atoms with E-state index in [9.17, 15) is 0 Å². The lowest BCUT2D eigenvalue weighted by molar-refractivity contribution is -0.137. The number of ether oxygens (including phenoxy) is 2. The van der Waals surface area contributed by atoms with E-state index in [1.165, 1.54) is 0 Å². The number of hydrogen-bond acceptors (Lipinski definition) is 6. The van der Waals surface area contributed by atoms with Crippen molar-refractivity contribution in [1.29, 1.82) is 0 Å².